The lowest BCUT2D eigenvalue weighted by atomic mass is 10.1. The van der Waals surface area contributed by atoms with Crippen LogP contribution in [0.5, 0.6) is 0 Å². The van der Waals surface area contributed by atoms with Crippen molar-refractivity contribution in [2.24, 2.45) is 0 Å². The lowest BCUT2D eigenvalue weighted by Crippen LogP contribution is -2.39. The minimum atomic E-state index is -1.28. The van der Waals surface area contributed by atoms with Gasteiger partial charge in [-0.2, -0.15) is 0 Å². The molecule has 11 heavy (non-hydrogen) atoms. The van der Waals surface area contributed by atoms with E-state index in [2.05, 4.69) is 0 Å². The zero-order valence-electron chi connectivity index (χ0n) is 7.27. The van der Waals surface area contributed by atoms with Gasteiger partial charge in [0.05, 0.1) is 0 Å². The van der Waals surface area contributed by atoms with Crippen LogP contribution in [0, 0.1) is 0 Å². The first-order valence-corrected chi connectivity index (χ1v) is 3.94. The highest BCUT2D eigenvalue weighted by atomic mass is 19.2. The highest BCUT2D eigenvalue weighted by molar-refractivity contribution is 4.90. The van der Waals surface area contributed by atoms with Crippen molar-refractivity contribution in [3.05, 3.63) is 0 Å². The molecule has 1 rings (SSSR count). The van der Waals surface area contributed by atoms with Crippen LogP contribution >= 0.6 is 0 Å². The molecule has 3 heteroatoms. The standard InChI is InChI=1S/C8H15F2N/c1-8(2,3)11-4-6(9)7(10)5-11/h6-7H,4-5H2,1-3H3/t6-,7+. The lowest BCUT2D eigenvalue weighted by molar-refractivity contribution is 0.158. The van der Waals surface area contributed by atoms with E-state index in [-0.39, 0.29) is 18.6 Å². The first-order valence-electron chi connectivity index (χ1n) is 3.94. The number of rotatable bonds is 0. The average Bonchev–Trinajstić information content (AvgIpc) is 2.11. The van der Waals surface area contributed by atoms with Gasteiger partial charge in [-0.05, 0) is 20.8 Å². The first kappa shape index (κ1) is 8.91. The van der Waals surface area contributed by atoms with E-state index in [1.807, 2.05) is 25.7 Å². The summed E-state index contributed by atoms with van der Waals surface area (Å²) in [6, 6.07) is 0. The predicted octanol–water partition coefficient (Wildman–Crippen LogP) is 1.78. The highest BCUT2D eigenvalue weighted by Crippen LogP contribution is 2.24. The number of hydrogen-bond donors (Lipinski definition) is 0. The third-order valence-corrected chi connectivity index (χ3v) is 2.13. The van der Waals surface area contributed by atoms with Crippen LogP contribution in [-0.2, 0) is 0 Å². The van der Waals surface area contributed by atoms with Crippen molar-refractivity contribution in [3.8, 4) is 0 Å². The summed E-state index contributed by atoms with van der Waals surface area (Å²) in [5.41, 5.74) is -0.106. The summed E-state index contributed by atoms with van der Waals surface area (Å²) >= 11 is 0. The average molecular weight is 163 g/mol. The maximum atomic E-state index is 12.7. The van der Waals surface area contributed by atoms with Gasteiger partial charge in [0.2, 0.25) is 0 Å². The van der Waals surface area contributed by atoms with Crippen LogP contribution in [0.15, 0.2) is 0 Å². The Kier molecular flexibility index (Phi) is 2.19. The van der Waals surface area contributed by atoms with Gasteiger partial charge in [0, 0.05) is 18.6 Å². The molecule has 1 fully saturated rings. The Hall–Kier alpha value is -0.180. The molecular weight excluding hydrogens is 148 g/mol. The Labute approximate surface area is 66.4 Å². The molecule has 1 nitrogen and oxygen atoms in total. The van der Waals surface area contributed by atoms with Gasteiger partial charge in [0.15, 0.2) is 0 Å². The summed E-state index contributed by atoms with van der Waals surface area (Å²) in [5, 5.41) is 0. The fourth-order valence-electron chi connectivity index (χ4n) is 1.27. The molecule has 1 saturated heterocycles. The second-order valence-corrected chi connectivity index (χ2v) is 4.11. The van der Waals surface area contributed by atoms with Crippen LogP contribution in [-0.4, -0.2) is 35.9 Å². The van der Waals surface area contributed by atoms with Crippen molar-refractivity contribution in [2.45, 2.75) is 38.7 Å². The second kappa shape index (κ2) is 2.70. The molecule has 2 atom stereocenters. The van der Waals surface area contributed by atoms with Gasteiger partial charge in [0.1, 0.15) is 12.3 Å². The summed E-state index contributed by atoms with van der Waals surface area (Å²) in [4.78, 5) is 1.84. The summed E-state index contributed by atoms with van der Waals surface area (Å²) in [7, 11) is 0. The Bertz CT molecular complexity index is 132. The molecule has 0 aromatic carbocycles. The molecule has 0 aromatic rings. The summed E-state index contributed by atoms with van der Waals surface area (Å²) in [5.74, 6) is 0. The molecule has 66 valence electrons. The SMILES string of the molecule is CC(C)(C)N1C[C@@H](F)[C@@H](F)C1. The van der Waals surface area contributed by atoms with Gasteiger partial charge < -0.3 is 0 Å². The molecule has 0 radical (unpaired) electrons. The third-order valence-electron chi connectivity index (χ3n) is 2.13. The molecule has 0 saturated carbocycles. The smallest absolute Gasteiger partial charge is 0.145 e. The second-order valence-electron chi connectivity index (χ2n) is 4.11. The van der Waals surface area contributed by atoms with E-state index in [0.29, 0.717) is 0 Å². The molecule has 1 aliphatic rings. The van der Waals surface area contributed by atoms with E-state index >= 15 is 0 Å². The molecule has 0 amide bonds. The van der Waals surface area contributed by atoms with Crippen molar-refractivity contribution in [1.82, 2.24) is 4.90 Å². The largest absolute Gasteiger partial charge is 0.292 e. The number of halogens is 2. The molecule has 1 heterocycles. The third kappa shape index (κ3) is 1.89. The van der Waals surface area contributed by atoms with Crippen LogP contribution in [0.4, 0.5) is 8.78 Å². The minimum absolute atomic E-state index is 0.106. The fourth-order valence-corrected chi connectivity index (χ4v) is 1.27. The van der Waals surface area contributed by atoms with Crippen molar-refractivity contribution in [2.75, 3.05) is 13.1 Å². The normalized spacial score (nSPS) is 34.6. The van der Waals surface area contributed by atoms with Crippen LogP contribution in [0.3, 0.4) is 0 Å². The molecule has 0 aliphatic carbocycles. The van der Waals surface area contributed by atoms with Crippen LogP contribution in [0.1, 0.15) is 20.8 Å². The van der Waals surface area contributed by atoms with Gasteiger partial charge in [-0.3, -0.25) is 4.90 Å². The zero-order chi connectivity index (χ0) is 8.65. The quantitative estimate of drug-likeness (QED) is 0.526. The molecule has 0 unspecified atom stereocenters. The van der Waals surface area contributed by atoms with E-state index in [1.54, 1.807) is 0 Å². The summed E-state index contributed by atoms with van der Waals surface area (Å²) in [6.07, 6.45) is -2.57. The van der Waals surface area contributed by atoms with Gasteiger partial charge in [0.25, 0.3) is 0 Å². The summed E-state index contributed by atoms with van der Waals surface area (Å²) in [6.45, 7) is 6.39. The molecule has 1 aliphatic heterocycles. The first-order chi connectivity index (χ1) is 4.91. The number of hydrogen-bond acceptors (Lipinski definition) is 1. The minimum Gasteiger partial charge on any atom is -0.292 e. The lowest BCUT2D eigenvalue weighted by Gasteiger charge is -2.30. The summed E-state index contributed by atoms with van der Waals surface area (Å²) < 4.78 is 25.4. The monoisotopic (exact) mass is 163 g/mol. The van der Waals surface area contributed by atoms with Crippen molar-refractivity contribution in [3.63, 3.8) is 0 Å². The molecule has 0 N–H and O–H groups in total. The maximum Gasteiger partial charge on any atom is 0.145 e. The maximum absolute atomic E-state index is 12.7. The predicted molar refractivity (Wildman–Crippen MR) is 41.1 cm³/mol. The Morgan fingerprint density at radius 3 is 1.64 bits per heavy atom. The van der Waals surface area contributed by atoms with Crippen molar-refractivity contribution in [1.29, 1.82) is 0 Å². The number of nitrogens with zero attached hydrogens (tertiary/aromatic N) is 1. The molecule has 0 aromatic heterocycles. The fraction of sp³-hybridized carbons (Fsp3) is 1.00. The van der Waals surface area contributed by atoms with E-state index < -0.39 is 12.3 Å². The Balaban J connectivity index is 2.54. The van der Waals surface area contributed by atoms with Gasteiger partial charge in [-0.15, -0.1) is 0 Å². The van der Waals surface area contributed by atoms with Gasteiger partial charge >= 0.3 is 0 Å². The van der Waals surface area contributed by atoms with Gasteiger partial charge in [-0.25, -0.2) is 8.78 Å². The Morgan fingerprint density at radius 1 is 1.09 bits per heavy atom. The highest BCUT2D eigenvalue weighted by Gasteiger charge is 2.37. The molecule has 0 bridgehead atoms. The molecular formula is C8H15F2N. The molecule has 0 spiro atoms. The van der Waals surface area contributed by atoms with E-state index in [4.69, 9.17) is 0 Å². The van der Waals surface area contributed by atoms with Crippen molar-refractivity contribution >= 4 is 0 Å². The van der Waals surface area contributed by atoms with E-state index in [9.17, 15) is 8.78 Å². The van der Waals surface area contributed by atoms with E-state index in [1.165, 1.54) is 0 Å². The van der Waals surface area contributed by atoms with E-state index in [0.717, 1.165) is 0 Å². The van der Waals surface area contributed by atoms with Gasteiger partial charge in [-0.1, -0.05) is 0 Å². The van der Waals surface area contributed by atoms with Crippen LogP contribution in [0.2, 0.25) is 0 Å². The van der Waals surface area contributed by atoms with Crippen molar-refractivity contribution < 1.29 is 8.78 Å². The Morgan fingerprint density at radius 2 is 1.45 bits per heavy atom. The number of alkyl halides is 2. The van der Waals surface area contributed by atoms with Crippen LogP contribution < -0.4 is 0 Å². The zero-order valence-corrected chi connectivity index (χ0v) is 7.27. The topological polar surface area (TPSA) is 3.24 Å². The van der Waals surface area contributed by atoms with Crippen LogP contribution in [0.25, 0.3) is 0 Å². The number of likely N-dealkylation sites (tertiary alicyclic amines) is 1.